The minimum atomic E-state index is -0.272. The van der Waals surface area contributed by atoms with Crippen molar-refractivity contribution in [2.45, 2.75) is 20.3 Å². The van der Waals surface area contributed by atoms with Gasteiger partial charge in [-0.15, -0.1) is 0 Å². The number of carbonyl (C=O) groups is 1. The first-order valence-electron chi connectivity index (χ1n) is 9.53. The molecule has 2 heterocycles. The molecule has 0 aliphatic carbocycles. The molecule has 146 valence electrons. The standard InChI is InChI=1S/C22H22N6O/c1-14(2)12-16-13-19(26-25-16)22(29)23-18-11-7-6-10-17(18)21-24-20(27-28-21)15-8-4-3-5-9-15/h3-11,13-14H,12H2,1-2H3,(H,23,29)(H,25,26)(H,24,27,28). The van der Waals surface area contributed by atoms with Crippen LogP contribution in [0.25, 0.3) is 22.8 Å². The molecule has 0 unspecified atom stereocenters. The maximum Gasteiger partial charge on any atom is 0.276 e. The molecular formula is C22H22N6O. The minimum Gasteiger partial charge on any atom is -0.320 e. The number of benzene rings is 2. The maximum absolute atomic E-state index is 12.7. The van der Waals surface area contributed by atoms with Crippen LogP contribution in [0.4, 0.5) is 5.69 Å². The average molecular weight is 386 g/mol. The molecule has 7 heteroatoms. The zero-order valence-corrected chi connectivity index (χ0v) is 16.3. The van der Waals surface area contributed by atoms with Gasteiger partial charge >= 0.3 is 0 Å². The van der Waals surface area contributed by atoms with E-state index in [1.165, 1.54) is 0 Å². The van der Waals surface area contributed by atoms with E-state index in [2.05, 4.69) is 44.5 Å². The Labute approximate surface area is 168 Å². The topological polar surface area (TPSA) is 99.3 Å². The van der Waals surface area contributed by atoms with Gasteiger partial charge in [0, 0.05) is 16.8 Å². The molecule has 2 aromatic heterocycles. The Morgan fingerprint density at radius 3 is 2.55 bits per heavy atom. The van der Waals surface area contributed by atoms with Crippen molar-refractivity contribution in [3.05, 3.63) is 72.1 Å². The van der Waals surface area contributed by atoms with Crippen molar-refractivity contribution in [3.8, 4) is 22.8 Å². The first kappa shape index (κ1) is 18.6. The summed E-state index contributed by atoms with van der Waals surface area (Å²) in [6.45, 7) is 4.25. The summed E-state index contributed by atoms with van der Waals surface area (Å²) in [5.74, 6) is 1.40. The van der Waals surface area contributed by atoms with Crippen LogP contribution < -0.4 is 5.32 Å². The fourth-order valence-corrected chi connectivity index (χ4v) is 3.11. The van der Waals surface area contributed by atoms with Crippen LogP contribution in [0.1, 0.15) is 30.0 Å². The molecule has 2 aromatic carbocycles. The lowest BCUT2D eigenvalue weighted by Gasteiger charge is -2.07. The van der Waals surface area contributed by atoms with Gasteiger partial charge in [-0.25, -0.2) is 4.98 Å². The van der Waals surface area contributed by atoms with Gasteiger partial charge < -0.3 is 5.32 Å². The molecule has 0 bridgehead atoms. The average Bonchev–Trinajstić information content (AvgIpc) is 3.39. The molecular weight excluding hydrogens is 364 g/mol. The number of nitrogens with zero attached hydrogens (tertiary/aromatic N) is 3. The number of H-pyrrole nitrogens is 2. The molecule has 7 nitrogen and oxygen atoms in total. The Kier molecular flexibility index (Phi) is 5.20. The summed E-state index contributed by atoms with van der Waals surface area (Å²) in [5.41, 5.74) is 3.63. The van der Waals surface area contributed by atoms with Crippen molar-refractivity contribution < 1.29 is 4.79 Å². The Hall–Kier alpha value is -3.74. The zero-order valence-electron chi connectivity index (χ0n) is 16.3. The normalized spacial score (nSPS) is 11.0. The first-order valence-corrected chi connectivity index (χ1v) is 9.53. The number of amides is 1. The fraction of sp³-hybridized carbons (Fsp3) is 0.182. The van der Waals surface area contributed by atoms with Gasteiger partial charge in [0.1, 0.15) is 0 Å². The summed E-state index contributed by atoms with van der Waals surface area (Å²) in [7, 11) is 0. The van der Waals surface area contributed by atoms with E-state index in [1.807, 2.05) is 54.6 Å². The Balaban J connectivity index is 1.57. The van der Waals surface area contributed by atoms with Crippen LogP contribution in [0, 0.1) is 5.92 Å². The van der Waals surface area contributed by atoms with Crippen molar-refractivity contribution in [1.29, 1.82) is 0 Å². The molecule has 0 aliphatic rings. The first-order chi connectivity index (χ1) is 14.1. The van der Waals surface area contributed by atoms with Crippen LogP contribution >= 0.6 is 0 Å². The van der Waals surface area contributed by atoms with Crippen molar-refractivity contribution in [2.75, 3.05) is 5.32 Å². The molecule has 0 spiro atoms. The molecule has 29 heavy (non-hydrogen) atoms. The molecule has 0 atom stereocenters. The summed E-state index contributed by atoms with van der Waals surface area (Å²) in [5, 5.41) is 17.3. The smallest absolute Gasteiger partial charge is 0.276 e. The summed E-state index contributed by atoms with van der Waals surface area (Å²) in [4.78, 5) is 17.3. The van der Waals surface area contributed by atoms with Crippen molar-refractivity contribution in [1.82, 2.24) is 25.4 Å². The van der Waals surface area contributed by atoms with E-state index in [9.17, 15) is 4.79 Å². The van der Waals surface area contributed by atoms with E-state index in [0.29, 0.717) is 28.9 Å². The third-order valence-corrected chi connectivity index (χ3v) is 4.44. The van der Waals surface area contributed by atoms with Crippen molar-refractivity contribution >= 4 is 11.6 Å². The van der Waals surface area contributed by atoms with Crippen LogP contribution in [0.15, 0.2) is 60.7 Å². The second-order valence-corrected chi connectivity index (χ2v) is 7.25. The summed E-state index contributed by atoms with van der Waals surface area (Å²) >= 11 is 0. The predicted octanol–water partition coefficient (Wildman–Crippen LogP) is 4.31. The van der Waals surface area contributed by atoms with Gasteiger partial charge in [-0.1, -0.05) is 56.3 Å². The second kappa shape index (κ2) is 8.10. The van der Waals surface area contributed by atoms with Gasteiger partial charge in [-0.3, -0.25) is 15.0 Å². The summed E-state index contributed by atoms with van der Waals surface area (Å²) in [6.07, 6.45) is 0.844. The number of aromatic amines is 2. The lowest BCUT2D eigenvalue weighted by molar-refractivity contribution is 0.102. The van der Waals surface area contributed by atoms with Crippen LogP contribution in [0.5, 0.6) is 0 Å². The highest BCUT2D eigenvalue weighted by Gasteiger charge is 2.16. The fourth-order valence-electron chi connectivity index (χ4n) is 3.11. The van der Waals surface area contributed by atoms with E-state index in [0.717, 1.165) is 23.2 Å². The van der Waals surface area contributed by atoms with Gasteiger partial charge in [-0.05, 0) is 30.5 Å². The molecule has 0 saturated carbocycles. The van der Waals surface area contributed by atoms with Crippen LogP contribution in [0.2, 0.25) is 0 Å². The zero-order chi connectivity index (χ0) is 20.2. The third kappa shape index (κ3) is 4.24. The molecule has 1 amide bonds. The molecule has 0 saturated heterocycles. The molecule has 3 N–H and O–H groups in total. The summed E-state index contributed by atoms with van der Waals surface area (Å²) < 4.78 is 0. The van der Waals surface area contributed by atoms with E-state index >= 15 is 0 Å². The number of anilines is 1. The number of rotatable bonds is 6. The Bertz CT molecular complexity index is 1110. The lowest BCUT2D eigenvalue weighted by atomic mass is 10.1. The van der Waals surface area contributed by atoms with Crippen LogP contribution in [-0.2, 0) is 6.42 Å². The highest BCUT2D eigenvalue weighted by atomic mass is 16.1. The molecule has 4 aromatic rings. The van der Waals surface area contributed by atoms with Crippen LogP contribution in [0.3, 0.4) is 0 Å². The van der Waals surface area contributed by atoms with E-state index in [-0.39, 0.29) is 5.91 Å². The SMILES string of the molecule is CC(C)Cc1cc(C(=O)Nc2ccccc2-c2nc(-c3ccccc3)n[nH]2)n[nH]1. The second-order valence-electron chi connectivity index (χ2n) is 7.25. The Morgan fingerprint density at radius 2 is 1.76 bits per heavy atom. The number of aromatic nitrogens is 5. The van der Waals surface area contributed by atoms with E-state index in [1.54, 1.807) is 6.07 Å². The van der Waals surface area contributed by atoms with Crippen molar-refractivity contribution in [2.24, 2.45) is 5.92 Å². The van der Waals surface area contributed by atoms with Gasteiger partial charge in [0.15, 0.2) is 17.3 Å². The lowest BCUT2D eigenvalue weighted by Crippen LogP contribution is -2.13. The third-order valence-electron chi connectivity index (χ3n) is 4.44. The molecule has 0 aliphatic heterocycles. The van der Waals surface area contributed by atoms with Gasteiger partial charge in [0.25, 0.3) is 5.91 Å². The van der Waals surface area contributed by atoms with Gasteiger partial charge in [0.05, 0.1) is 5.69 Å². The van der Waals surface area contributed by atoms with Gasteiger partial charge in [-0.2, -0.15) is 10.2 Å². The largest absolute Gasteiger partial charge is 0.320 e. The summed E-state index contributed by atoms with van der Waals surface area (Å²) in [6, 6.07) is 19.0. The predicted molar refractivity (Wildman–Crippen MR) is 112 cm³/mol. The Morgan fingerprint density at radius 1 is 1.00 bits per heavy atom. The minimum absolute atomic E-state index is 0.272. The van der Waals surface area contributed by atoms with E-state index in [4.69, 9.17) is 0 Å². The van der Waals surface area contributed by atoms with Crippen LogP contribution in [-0.4, -0.2) is 31.3 Å². The molecule has 4 rings (SSSR count). The monoisotopic (exact) mass is 386 g/mol. The molecule has 0 fully saturated rings. The number of carbonyl (C=O) groups excluding carboxylic acids is 1. The number of hydrogen-bond acceptors (Lipinski definition) is 4. The van der Waals surface area contributed by atoms with E-state index < -0.39 is 0 Å². The van der Waals surface area contributed by atoms with Crippen molar-refractivity contribution in [3.63, 3.8) is 0 Å². The quantitative estimate of drug-likeness (QED) is 0.460. The highest BCUT2D eigenvalue weighted by Crippen LogP contribution is 2.27. The molecule has 0 radical (unpaired) electrons. The number of para-hydroxylation sites is 1. The number of nitrogens with one attached hydrogen (secondary N) is 3. The number of hydrogen-bond donors (Lipinski definition) is 3. The maximum atomic E-state index is 12.7. The van der Waals surface area contributed by atoms with Gasteiger partial charge in [0.2, 0.25) is 0 Å². The highest BCUT2D eigenvalue weighted by molar-refractivity contribution is 6.04.